The number of rotatable bonds is 3. The van der Waals surface area contributed by atoms with Crippen LogP contribution < -0.4 is 0 Å². The van der Waals surface area contributed by atoms with Gasteiger partial charge in [-0.15, -0.1) is 0 Å². The minimum absolute atomic E-state index is 0.336. The van der Waals surface area contributed by atoms with Crippen LogP contribution in [-0.2, 0) is 9.53 Å². The van der Waals surface area contributed by atoms with E-state index in [0.29, 0.717) is 12.8 Å². The Morgan fingerprint density at radius 2 is 2.00 bits per heavy atom. The quantitative estimate of drug-likeness (QED) is 0.575. The highest BCUT2D eigenvalue weighted by molar-refractivity contribution is 5.75. The average Bonchev–Trinajstić information content (AvgIpc) is 2.25. The molecule has 0 aromatic heterocycles. The highest BCUT2D eigenvalue weighted by Gasteiger charge is 2.41. The monoisotopic (exact) mass is 212 g/mol. The van der Waals surface area contributed by atoms with Crippen molar-refractivity contribution in [2.24, 2.45) is 5.92 Å². The predicted octanol–water partition coefficient (Wildman–Crippen LogP) is 2.05. The summed E-state index contributed by atoms with van der Waals surface area (Å²) < 4.78 is 4.73. The molecule has 1 rings (SSSR count). The molecular weight excluding hydrogens is 192 g/mol. The highest BCUT2D eigenvalue weighted by Crippen LogP contribution is 2.35. The first kappa shape index (κ1) is 12.2. The van der Waals surface area contributed by atoms with Crippen LogP contribution >= 0.6 is 0 Å². The minimum Gasteiger partial charge on any atom is -0.468 e. The molecule has 3 heteroatoms. The SMILES string of the molecule is C/C=C/C(C(=O)OC)C1(O)CCCCC1. The molecule has 3 nitrogen and oxygen atoms in total. The Labute approximate surface area is 91.1 Å². The van der Waals surface area contributed by atoms with Gasteiger partial charge in [-0.25, -0.2) is 0 Å². The molecule has 0 saturated heterocycles. The Morgan fingerprint density at radius 1 is 1.40 bits per heavy atom. The van der Waals surface area contributed by atoms with Gasteiger partial charge in [-0.1, -0.05) is 31.4 Å². The first-order chi connectivity index (χ1) is 7.14. The largest absolute Gasteiger partial charge is 0.468 e. The lowest BCUT2D eigenvalue weighted by Gasteiger charge is -2.36. The van der Waals surface area contributed by atoms with Crippen molar-refractivity contribution in [1.29, 1.82) is 0 Å². The van der Waals surface area contributed by atoms with Gasteiger partial charge >= 0.3 is 5.97 Å². The van der Waals surface area contributed by atoms with Gasteiger partial charge in [0.2, 0.25) is 0 Å². The Bertz CT molecular complexity index is 239. The van der Waals surface area contributed by atoms with E-state index in [4.69, 9.17) is 4.74 Å². The molecule has 0 aromatic rings. The smallest absolute Gasteiger partial charge is 0.315 e. The van der Waals surface area contributed by atoms with Crippen LogP contribution in [0.4, 0.5) is 0 Å². The van der Waals surface area contributed by atoms with Crippen LogP contribution in [-0.4, -0.2) is 23.8 Å². The Kier molecular flexibility index (Phi) is 4.33. The summed E-state index contributed by atoms with van der Waals surface area (Å²) in [5.74, 6) is -0.842. The molecule has 1 saturated carbocycles. The van der Waals surface area contributed by atoms with Crippen LogP contribution in [0.15, 0.2) is 12.2 Å². The van der Waals surface area contributed by atoms with Gasteiger partial charge in [0, 0.05) is 0 Å². The first-order valence-electron chi connectivity index (χ1n) is 5.57. The van der Waals surface area contributed by atoms with Crippen molar-refractivity contribution in [1.82, 2.24) is 0 Å². The molecule has 1 aliphatic rings. The minimum atomic E-state index is -0.891. The number of esters is 1. The highest BCUT2D eigenvalue weighted by atomic mass is 16.5. The summed E-state index contributed by atoms with van der Waals surface area (Å²) in [5, 5.41) is 10.4. The molecule has 0 spiro atoms. The third-order valence-electron chi connectivity index (χ3n) is 3.14. The Morgan fingerprint density at radius 3 is 2.47 bits per heavy atom. The fraction of sp³-hybridized carbons (Fsp3) is 0.750. The summed E-state index contributed by atoms with van der Waals surface area (Å²) >= 11 is 0. The molecule has 0 aromatic carbocycles. The molecule has 0 heterocycles. The van der Waals surface area contributed by atoms with Gasteiger partial charge in [0.05, 0.1) is 12.7 Å². The summed E-state index contributed by atoms with van der Waals surface area (Å²) in [6, 6.07) is 0. The lowest BCUT2D eigenvalue weighted by atomic mass is 9.75. The van der Waals surface area contributed by atoms with Gasteiger partial charge in [-0.2, -0.15) is 0 Å². The Balaban J connectivity index is 2.81. The number of methoxy groups -OCH3 is 1. The van der Waals surface area contributed by atoms with Gasteiger partial charge < -0.3 is 9.84 Å². The van der Waals surface area contributed by atoms with E-state index in [-0.39, 0.29) is 5.97 Å². The van der Waals surface area contributed by atoms with E-state index in [1.165, 1.54) is 7.11 Å². The van der Waals surface area contributed by atoms with Crippen LogP contribution in [0.5, 0.6) is 0 Å². The first-order valence-corrected chi connectivity index (χ1v) is 5.57. The van der Waals surface area contributed by atoms with Gasteiger partial charge in [0.15, 0.2) is 0 Å². The standard InChI is InChI=1S/C12H20O3/c1-3-7-10(11(13)15-2)12(14)8-5-4-6-9-12/h3,7,10,14H,4-6,8-9H2,1-2H3/b7-3+. The van der Waals surface area contributed by atoms with Crippen LogP contribution in [0.25, 0.3) is 0 Å². The van der Waals surface area contributed by atoms with E-state index < -0.39 is 11.5 Å². The van der Waals surface area contributed by atoms with E-state index in [2.05, 4.69) is 0 Å². The zero-order valence-electron chi connectivity index (χ0n) is 9.53. The molecule has 0 bridgehead atoms. The zero-order valence-corrected chi connectivity index (χ0v) is 9.53. The number of aliphatic hydroxyl groups is 1. The van der Waals surface area contributed by atoms with Crippen molar-refractivity contribution in [2.45, 2.75) is 44.6 Å². The van der Waals surface area contributed by atoms with E-state index in [1.807, 2.05) is 6.92 Å². The van der Waals surface area contributed by atoms with Crippen molar-refractivity contribution < 1.29 is 14.6 Å². The van der Waals surface area contributed by atoms with Crippen molar-refractivity contribution >= 4 is 5.97 Å². The molecule has 0 amide bonds. The lowest BCUT2D eigenvalue weighted by Crippen LogP contribution is -2.43. The second-order valence-electron chi connectivity index (χ2n) is 4.19. The molecular formula is C12H20O3. The van der Waals surface area contributed by atoms with Crippen LogP contribution in [0.3, 0.4) is 0 Å². The maximum absolute atomic E-state index is 11.6. The van der Waals surface area contributed by atoms with Gasteiger partial charge in [0.25, 0.3) is 0 Å². The summed E-state index contributed by atoms with van der Waals surface area (Å²) in [4.78, 5) is 11.6. The van der Waals surface area contributed by atoms with E-state index in [1.54, 1.807) is 12.2 Å². The molecule has 1 fully saturated rings. The molecule has 1 unspecified atom stereocenters. The Hall–Kier alpha value is -0.830. The maximum atomic E-state index is 11.6. The molecule has 0 aliphatic heterocycles. The van der Waals surface area contributed by atoms with Gasteiger partial charge in [-0.05, 0) is 19.8 Å². The normalized spacial score (nSPS) is 22.6. The fourth-order valence-corrected chi connectivity index (χ4v) is 2.27. The van der Waals surface area contributed by atoms with Crippen molar-refractivity contribution in [3.63, 3.8) is 0 Å². The second kappa shape index (κ2) is 5.31. The van der Waals surface area contributed by atoms with E-state index >= 15 is 0 Å². The number of ether oxygens (including phenoxy) is 1. The topological polar surface area (TPSA) is 46.5 Å². The molecule has 1 N–H and O–H groups in total. The summed E-state index contributed by atoms with van der Waals surface area (Å²) in [5.41, 5.74) is -0.891. The van der Waals surface area contributed by atoms with Crippen LogP contribution in [0, 0.1) is 5.92 Å². The molecule has 1 atom stereocenters. The number of hydrogen-bond acceptors (Lipinski definition) is 3. The summed E-state index contributed by atoms with van der Waals surface area (Å²) in [6.45, 7) is 1.85. The second-order valence-corrected chi connectivity index (χ2v) is 4.19. The van der Waals surface area contributed by atoms with E-state index in [0.717, 1.165) is 19.3 Å². The maximum Gasteiger partial charge on any atom is 0.315 e. The molecule has 1 aliphatic carbocycles. The number of carbonyl (C=O) groups excluding carboxylic acids is 1. The van der Waals surface area contributed by atoms with Crippen molar-refractivity contribution in [3.05, 3.63) is 12.2 Å². The lowest BCUT2D eigenvalue weighted by molar-refractivity contribution is -0.154. The van der Waals surface area contributed by atoms with Crippen molar-refractivity contribution in [3.8, 4) is 0 Å². The van der Waals surface area contributed by atoms with Gasteiger partial charge in [-0.3, -0.25) is 4.79 Å². The zero-order chi connectivity index (χ0) is 11.3. The number of carbonyl (C=O) groups is 1. The number of hydrogen-bond donors (Lipinski definition) is 1. The molecule has 15 heavy (non-hydrogen) atoms. The number of allylic oxidation sites excluding steroid dienone is 1. The predicted molar refractivity (Wildman–Crippen MR) is 58.4 cm³/mol. The van der Waals surface area contributed by atoms with Crippen molar-refractivity contribution in [2.75, 3.05) is 7.11 Å². The van der Waals surface area contributed by atoms with E-state index in [9.17, 15) is 9.90 Å². The summed E-state index contributed by atoms with van der Waals surface area (Å²) in [7, 11) is 1.37. The third kappa shape index (κ3) is 2.81. The fourth-order valence-electron chi connectivity index (χ4n) is 2.27. The molecule has 86 valence electrons. The van der Waals surface area contributed by atoms with Crippen LogP contribution in [0.1, 0.15) is 39.0 Å². The average molecular weight is 212 g/mol. The summed E-state index contributed by atoms with van der Waals surface area (Å²) in [6.07, 6.45) is 8.05. The van der Waals surface area contributed by atoms with Crippen LogP contribution in [0.2, 0.25) is 0 Å². The molecule has 0 radical (unpaired) electrons. The third-order valence-corrected chi connectivity index (χ3v) is 3.14. The van der Waals surface area contributed by atoms with Gasteiger partial charge in [0.1, 0.15) is 5.92 Å².